The minimum Gasteiger partial charge on any atom is -0.392 e. The van der Waals surface area contributed by atoms with Gasteiger partial charge in [-0.3, -0.25) is 14.6 Å². The molecule has 1 aromatic rings. The highest BCUT2D eigenvalue weighted by Crippen LogP contribution is 2.13. The summed E-state index contributed by atoms with van der Waals surface area (Å²) >= 11 is 0. The van der Waals surface area contributed by atoms with Crippen molar-refractivity contribution in [3.8, 4) is 0 Å². The van der Waals surface area contributed by atoms with Crippen molar-refractivity contribution in [1.82, 2.24) is 14.7 Å². The van der Waals surface area contributed by atoms with Crippen molar-refractivity contribution in [1.29, 1.82) is 0 Å². The van der Waals surface area contributed by atoms with Crippen LogP contribution in [0.3, 0.4) is 0 Å². The Kier molecular flexibility index (Phi) is 7.41. The molecule has 0 bridgehead atoms. The minimum atomic E-state index is -0.316. The van der Waals surface area contributed by atoms with Gasteiger partial charge >= 0.3 is 0 Å². The quantitative estimate of drug-likeness (QED) is 0.820. The molecule has 5 nitrogen and oxygen atoms in total. The molecular formula is C20H33N3O2. The summed E-state index contributed by atoms with van der Waals surface area (Å²) in [5.74, 6) is 0.111. The van der Waals surface area contributed by atoms with Gasteiger partial charge in [0, 0.05) is 50.9 Å². The lowest BCUT2D eigenvalue weighted by Crippen LogP contribution is -2.50. The maximum absolute atomic E-state index is 12.7. The van der Waals surface area contributed by atoms with Crippen LogP contribution in [0.15, 0.2) is 24.3 Å². The molecule has 1 amide bonds. The monoisotopic (exact) mass is 347 g/mol. The zero-order valence-corrected chi connectivity index (χ0v) is 16.1. The van der Waals surface area contributed by atoms with E-state index in [1.54, 1.807) is 6.92 Å². The van der Waals surface area contributed by atoms with Gasteiger partial charge in [0.15, 0.2) is 0 Å². The fourth-order valence-electron chi connectivity index (χ4n) is 3.34. The van der Waals surface area contributed by atoms with Gasteiger partial charge in [-0.2, -0.15) is 0 Å². The first-order chi connectivity index (χ1) is 11.9. The van der Waals surface area contributed by atoms with Gasteiger partial charge in [-0.25, -0.2) is 0 Å². The highest BCUT2D eigenvalue weighted by atomic mass is 16.3. The number of carbonyl (C=O) groups is 1. The van der Waals surface area contributed by atoms with Crippen molar-refractivity contribution in [3.63, 3.8) is 0 Å². The average Bonchev–Trinajstić information content (AvgIpc) is 2.59. The SMILES string of the molecule is CCN(Cc1ccc(C(=O)N2CCN(CC(C)O)CC2)cc1)C(C)C. The van der Waals surface area contributed by atoms with E-state index in [-0.39, 0.29) is 12.0 Å². The molecule has 0 saturated carbocycles. The summed E-state index contributed by atoms with van der Waals surface area (Å²) in [6.45, 7) is 14.1. The number of aliphatic hydroxyl groups excluding tert-OH is 1. The van der Waals surface area contributed by atoms with Gasteiger partial charge in [0.05, 0.1) is 6.10 Å². The van der Waals surface area contributed by atoms with Gasteiger partial charge < -0.3 is 10.0 Å². The van der Waals surface area contributed by atoms with Gasteiger partial charge in [0.25, 0.3) is 5.91 Å². The van der Waals surface area contributed by atoms with Crippen LogP contribution in [0.2, 0.25) is 0 Å². The maximum Gasteiger partial charge on any atom is 0.253 e. The van der Waals surface area contributed by atoms with E-state index < -0.39 is 0 Å². The topological polar surface area (TPSA) is 47.0 Å². The first kappa shape index (κ1) is 19.9. The number of β-amino-alcohol motifs (C(OH)–C–C–N with tert-alkyl or cyclic N) is 1. The van der Waals surface area contributed by atoms with Crippen molar-refractivity contribution in [3.05, 3.63) is 35.4 Å². The lowest BCUT2D eigenvalue weighted by molar-refractivity contribution is 0.0554. The molecule has 1 aliphatic rings. The van der Waals surface area contributed by atoms with Gasteiger partial charge in [-0.15, -0.1) is 0 Å². The van der Waals surface area contributed by atoms with Crippen LogP contribution in [-0.2, 0) is 6.54 Å². The number of benzene rings is 1. The lowest BCUT2D eigenvalue weighted by atomic mass is 10.1. The Labute approximate surface area is 152 Å². The summed E-state index contributed by atoms with van der Waals surface area (Å²) < 4.78 is 0. The zero-order chi connectivity index (χ0) is 18.4. The Morgan fingerprint density at radius 2 is 1.72 bits per heavy atom. The first-order valence-corrected chi connectivity index (χ1v) is 9.43. The van der Waals surface area contributed by atoms with Gasteiger partial charge in [0.1, 0.15) is 0 Å². The van der Waals surface area contributed by atoms with E-state index >= 15 is 0 Å². The summed E-state index contributed by atoms with van der Waals surface area (Å²) in [6, 6.07) is 8.57. The molecule has 1 unspecified atom stereocenters. The molecule has 140 valence electrons. The Morgan fingerprint density at radius 1 is 1.12 bits per heavy atom. The molecular weight excluding hydrogens is 314 g/mol. The second kappa shape index (κ2) is 9.32. The number of hydrogen-bond donors (Lipinski definition) is 1. The molecule has 2 rings (SSSR count). The Bertz CT molecular complexity index is 534. The van der Waals surface area contributed by atoms with Crippen LogP contribution in [-0.4, -0.2) is 77.1 Å². The third-order valence-corrected chi connectivity index (χ3v) is 4.90. The molecule has 1 atom stereocenters. The minimum absolute atomic E-state index is 0.111. The fourth-order valence-corrected chi connectivity index (χ4v) is 3.34. The van der Waals surface area contributed by atoms with Crippen molar-refractivity contribution in [2.45, 2.75) is 46.4 Å². The van der Waals surface area contributed by atoms with E-state index in [1.165, 1.54) is 5.56 Å². The van der Waals surface area contributed by atoms with Gasteiger partial charge in [0.2, 0.25) is 0 Å². The van der Waals surface area contributed by atoms with Crippen LogP contribution in [0.5, 0.6) is 0 Å². The molecule has 1 aromatic carbocycles. The molecule has 25 heavy (non-hydrogen) atoms. The molecule has 1 saturated heterocycles. The third-order valence-electron chi connectivity index (χ3n) is 4.90. The third kappa shape index (κ3) is 5.80. The van der Waals surface area contributed by atoms with Crippen molar-refractivity contribution in [2.24, 2.45) is 0 Å². The predicted molar refractivity (Wildman–Crippen MR) is 102 cm³/mol. The van der Waals surface area contributed by atoms with E-state index in [1.807, 2.05) is 17.0 Å². The average molecular weight is 348 g/mol. The molecule has 1 aliphatic heterocycles. The van der Waals surface area contributed by atoms with Crippen molar-refractivity contribution >= 4 is 5.91 Å². The van der Waals surface area contributed by atoms with Crippen LogP contribution in [0, 0.1) is 0 Å². The van der Waals surface area contributed by atoms with Crippen LogP contribution in [0.1, 0.15) is 43.6 Å². The number of nitrogens with zero attached hydrogens (tertiary/aromatic N) is 3. The largest absolute Gasteiger partial charge is 0.392 e. The predicted octanol–water partition coefficient (Wildman–Crippen LogP) is 2.06. The van der Waals surface area contributed by atoms with Crippen LogP contribution >= 0.6 is 0 Å². The Morgan fingerprint density at radius 3 is 2.20 bits per heavy atom. The second-order valence-corrected chi connectivity index (χ2v) is 7.30. The van der Waals surface area contributed by atoms with E-state index in [0.717, 1.165) is 44.8 Å². The fraction of sp³-hybridized carbons (Fsp3) is 0.650. The van der Waals surface area contributed by atoms with E-state index in [2.05, 4.69) is 42.7 Å². The van der Waals surface area contributed by atoms with Gasteiger partial charge in [-0.1, -0.05) is 19.1 Å². The number of carbonyl (C=O) groups excluding carboxylic acids is 1. The van der Waals surface area contributed by atoms with Crippen LogP contribution < -0.4 is 0 Å². The van der Waals surface area contributed by atoms with Crippen LogP contribution in [0.4, 0.5) is 0 Å². The molecule has 1 heterocycles. The smallest absolute Gasteiger partial charge is 0.253 e. The summed E-state index contributed by atoms with van der Waals surface area (Å²) in [4.78, 5) is 19.2. The number of piperazine rings is 1. The van der Waals surface area contributed by atoms with Crippen LogP contribution in [0.25, 0.3) is 0 Å². The molecule has 0 aliphatic carbocycles. The van der Waals surface area contributed by atoms with E-state index in [0.29, 0.717) is 12.6 Å². The molecule has 5 heteroatoms. The molecule has 1 fully saturated rings. The highest BCUT2D eigenvalue weighted by molar-refractivity contribution is 5.94. The summed E-state index contributed by atoms with van der Waals surface area (Å²) in [5, 5.41) is 9.47. The van der Waals surface area contributed by atoms with E-state index in [9.17, 15) is 9.90 Å². The first-order valence-electron chi connectivity index (χ1n) is 9.43. The second-order valence-electron chi connectivity index (χ2n) is 7.30. The lowest BCUT2D eigenvalue weighted by Gasteiger charge is -2.35. The Hall–Kier alpha value is -1.43. The number of rotatable bonds is 7. The molecule has 0 spiro atoms. The normalized spacial score (nSPS) is 17.3. The summed E-state index contributed by atoms with van der Waals surface area (Å²) in [5.41, 5.74) is 2.01. The van der Waals surface area contributed by atoms with Crippen molar-refractivity contribution < 1.29 is 9.90 Å². The molecule has 1 N–H and O–H groups in total. The number of aliphatic hydroxyl groups is 1. The number of amides is 1. The van der Waals surface area contributed by atoms with Gasteiger partial charge in [-0.05, 0) is 45.0 Å². The van der Waals surface area contributed by atoms with Crippen molar-refractivity contribution in [2.75, 3.05) is 39.3 Å². The highest BCUT2D eigenvalue weighted by Gasteiger charge is 2.22. The summed E-state index contributed by atoms with van der Waals surface area (Å²) in [6.07, 6.45) is -0.316. The standard InChI is InChI=1S/C20H33N3O2/c1-5-22(16(2)3)15-18-6-8-19(9-7-18)20(25)23-12-10-21(11-13-23)14-17(4)24/h6-9,16-17,24H,5,10-15H2,1-4H3. The molecule has 0 aromatic heterocycles. The van der Waals surface area contributed by atoms with E-state index in [4.69, 9.17) is 0 Å². The molecule has 0 radical (unpaired) electrons. The summed E-state index contributed by atoms with van der Waals surface area (Å²) in [7, 11) is 0. The zero-order valence-electron chi connectivity index (χ0n) is 16.1. The number of hydrogen-bond acceptors (Lipinski definition) is 4. The maximum atomic E-state index is 12.7. The Balaban J connectivity index is 1.90.